The zero-order chi connectivity index (χ0) is 22.6. The standard InChI is InChI=1S/C25H28O6S/c1-3-5-18-13-22(7-9-24(18)28-12-11-20-15-29-20)32(26,27)23-8-10-25(19(14-23)6-4-2)31-17-21-16-30-21/h3-4,7-10,13-14,20-21H,1-2,5-6,11-12,15-17H2. The molecule has 2 unspecified atom stereocenters. The van der Waals surface area contributed by atoms with Gasteiger partial charge in [-0.15, -0.1) is 13.2 Å². The number of rotatable bonds is 13. The van der Waals surface area contributed by atoms with Gasteiger partial charge in [0.2, 0.25) is 9.84 Å². The van der Waals surface area contributed by atoms with Gasteiger partial charge in [-0.1, -0.05) is 12.2 Å². The molecule has 6 nitrogen and oxygen atoms in total. The SMILES string of the molecule is C=CCc1cc(S(=O)(=O)c2ccc(OCC3CO3)c(CC=C)c2)ccc1OCCC1CO1. The van der Waals surface area contributed by atoms with Crippen LogP contribution in [0.2, 0.25) is 0 Å². The number of epoxide rings is 2. The van der Waals surface area contributed by atoms with E-state index in [0.717, 1.165) is 24.2 Å². The van der Waals surface area contributed by atoms with Crippen molar-refractivity contribution >= 4 is 9.84 Å². The Morgan fingerprint density at radius 2 is 1.41 bits per heavy atom. The summed E-state index contributed by atoms with van der Waals surface area (Å²) in [7, 11) is -3.72. The highest BCUT2D eigenvalue weighted by molar-refractivity contribution is 7.91. The molecule has 2 aromatic carbocycles. The normalized spacial score (nSPS) is 19.2. The van der Waals surface area contributed by atoms with Crippen LogP contribution in [0.25, 0.3) is 0 Å². The fourth-order valence-corrected chi connectivity index (χ4v) is 4.74. The Morgan fingerprint density at radius 3 is 1.91 bits per heavy atom. The molecule has 2 aliphatic heterocycles. The van der Waals surface area contributed by atoms with Gasteiger partial charge in [0.25, 0.3) is 0 Å². The summed E-state index contributed by atoms with van der Waals surface area (Å²) in [4.78, 5) is 0.435. The molecule has 2 aromatic rings. The molecular formula is C25H28O6S. The predicted molar refractivity (Wildman–Crippen MR) is 121 cm³/mol. The monoisotopic (exact) mass is 456 g/mol. The van der Waals surface area contributed by atoms with Crippen LogP contribution in [-0.2, 0) is 32.2 Å². The number of hydrogen-bond donors (Lipinski definition) is 0. The third kappa shape index (κ3) is 5.59. The Kier molecular flexibility index (Phi) is 6.98. The molecule has 4 rings (SSSR count). The van der Waals surface area contributed by atoms with Crippen molar-refractivity contribution in [3.8, 4) is 11.5 Å². The summed E-state index contributed by atoms with van der Waals surface area (Å²) < 4.78 is 48.8. The van der Waals surface area contributed by atoms with Crippen LogP contribution < -0.4 is 9.47 Å². The summed E-state index contributed by atoms with van der Waals surface area (Å²) in [6, 6.07) is 9.92. The van der Waals surface area contributed by atoms with Gasteiger partial charge in [-0.3, -0.25) is 0 Å². The smallest absolute Gasteiger partial charge is 0.206 e. The first-order valence-corrected chi connectivity index (χ1v) is 12.2. The van der Waals surface area contributed by atoms with Crippen molar-refractivity contribution in [1.82, 2.24) is 0 Å². The lowest BCUT2D eigenvalue weighted by Gasteiger charge is -2.14. The van der Waals surface area contributed by atoms with Gasteiger partial charge in [0, 0.05) is 6.42 Å². The molecule has 0 radical (unpaired) electrons. The molecule has 7 heteroatoms. The topological polar surface area (TPSA) is 77.7 Å². The molecule has 0 aromatic heterocycles. The molecule has 0 spiro atoms. The highest BCUT2D eigenvalue weighted by Gasteiger charge is 2.25. The molecule has 0 amide bonds. The van der Waals surface area contributed by atoms with E-state index >= 15 is 0 Å². The maximum absolute atomic E-state index is 13.4. The van der Waals surface area contributed by atoms with Gasteiger partial charge in [-0.25, -0.2) is 8.42 Å². The highest BCUT2D eigenvalue weighted by Crippen LogP contribution is 2.31. The van der Waals surface area contributed by atoms with E-state index in [2.05, 4.69) is 13.2 Å². The van der Waals surface area contributed by atoms with E-state index < -0.39 is 9.84 Å². The number of allylic oxidation sites excluding steroid dienone is 2. The second kappa shape index (κ2) is 9.90. The van der Waals surface area contributed by atoms with Crippen molar-refractivity contribution in [3.05, 3.63) is 72.8 Å². The molecule has 2 aliphatic rings. The predicted octanol–water partition coefficient (Wildman–Crippen LogP) is 3.92. The minimum absolute atomic E-state index is 0.121. The summed E-state index contributed by atoms with van der Waals surface area (Å²) in [5, 5.41) is 0. The van der Waals surface area contributed by atoms with E-state index in [4.69, 9.17) is 18.9 Å². The van der Waals surface area contributed by atoms with Crippen LogP contribution >= 0.6 is 0 Å². The van der Waals surface area contributed by atoms with Crippen LogP contribution in [-0.4, -0.2) is 47.1 Å². The van der Waals surface area contributed by atoms with Gasteiger partial charge in [-0.05, 0) is 60.4 Å². The van der Waals surface area contributed by atoms with Crippen molar-refractivity contribution in [2.45, 2.75) is 41.3 Å². The average molecular weight is 457 g/mol. The summed E-state index contributed by atoms with van der Waals surface area (Å²) in [5.41, 5.74) is 1.56. The van der Waals surface area contributed by atoms with Gasteiger partial charge in [0.1, 0.15) is 24.2 Å². The fraction of sp³-hybridized carbons (Fsp3) is 0.360. The highest BCUT2D eigenvalue weighted by atomic mass is 32.2. The van der Waals surface area contributed by atoms with Crippen molar-refractivity contribution in [1.29, 1.82) is 0 Å². The first-order chi connectivity index (χ1) is 15.5. The molecule has 2 heterocycles. The molecule has 0 N–H and O–H groups in total. The largest absolute Gasteiger partial charge is 0.493 e. The molecular weight excluding hydrogens is 428 g/mol. The second-order valence-electron chi connectivity index (χ2n) is 7.89. The lowest BCUT2D eigenvalue weighted by Crippen LogP contribution is -2.08. The fourth-order valence-electron chi connectivity index (χ4n) is 3.38. The maximum atomic E-state index is 13.4. The van der Waals surface area contributed by atoms with Gasteiger partial charge in [-0.2, -0.15) is 0 Å². The van der Waals surface area contributed by atoms with Crippen LogP contribution in [0, 0.1) is 0 Å². The third-order valence-corrected chi connectivity index (χ3v) is 7.09. The Morgan fingerprint density at radius 1 is 0.875 bits per heavy atom. The van der Waals surface area contributed by atoms with Crippen LogP contribution in [0.4, 0.5) is 0 Å². The molecule has 0 aliphatic carbocycles. The summed E-state index contributed by atoms with van der Waals surface area (Å²) in [6.45, 7) is 10.0. The molecule has 32 heavy (non-hydrogen) atoms. The zero-order valence-corrected chi connectivity index (χ0v) is 18.8. The van der Waals surface area contributed by atoms with E-state index in [1.807, 2.05) is 0 Å². The van der Waals surface area contributed by atoms with Gasteiger partial charge >= 0.3 is 0 Å². The van der Waals surface area contributed by atoms with E-state index in [0.29, 0.717) is 44.2 Å². The Balaban J connectivity index is 1.57. The minimum atomic E-state index is -3.72. The quantitative estimate of drug-likeness (QED) is 0.336. The zero-order valence-electron chi connectivity index (χ0n) is 18.0. The molecule has 2 saturated heterocycles. The Labute approximate surface area is 189 Å². The van der Waals surface area contributed by atoms with Crippen LogP contribution in [0.5, 0.6) is 11.5 Å². The van der Waals surface area contributed by atoms with E-state index in [9.17, 15) is 8.42 Å². The van der Waals surface area contributed by atoms with Gasteiger partial charge in [0.15, 0.2) is 0 Å². The van der Waals surface area contributed by atoms with E-state index in [1.54, 1.807) is 48.6 Å². The maximum Gasteiger partial charge on any atom is 0.206 e. The minimum Gasteiger partial charge on any atom is -0.493 e. The van der Waals surface area contributed by atoms with Crippen LogP contribution in [0.3, 0.4) is 0 Å². The second-order valence-corrected chi connectivity index (χ2v) is 9.84. The lowest BCUT2D eigenvalue weighted by molar-refractivity contribution is 0.261. The Hall–Kier alpha value is -2.61. The number of ether oxygens (including phenoxy) is 4. The average Bonchev–Trinajstić information content (AvgIpc) is 3.69. The summed E-state index contributed by atoms with van der Waals surface area (Å²) in [5.74, 6) is 1.32. The number of sulfone groups is 1. The molecule has 170 valence electrons. The van der Waals surface area contributed by atoms with Crippen LogP contribution in [0.15, 0.2) is 71.5 Å². The summed E-state index contributed by atoms with van der Waals surface area (Å²) >= 11 is 0. The lowest BCUT2D eigenvalue weighted by atomic mass is 10.1. The molecule has 2 fully saturated rings. The van der Waals surface area contributed by atoms with Crippen molar-refractivity contribution in [3.63, 3.8) is 0 Å². The number of hydrogen-bond acceptors (Lipinski definition) is 6. The van der Waals surface area contributed by atoms with Crippen molar-refractivity contribution in [2.75, 3.05) is 26.4 Å². The van der Waals surface area contributed by atoms with E-state index in [1.165, 1.54) is 0 Å². The first kappa shape index (κ1) is 22.6. The van der Waals surface area contributed by atoms with Crippen molar-refractivity contribution < 1.29 is 27.4 Å². The Bertz CT molecular complexity index is 1080. The number of benzene rings is 2. The molecule has 0 bridgehead atoms. The first-order valence-electron chi connectivity index (χ1n) is 10.7. The van der Waals surface area contributed by atoms with Gasteiger partial charge in [0.05, 0.1) is 35.7 Å². The van der Waals surface area contributed by atoms with Gasteiger partial charge < -0.3 is 18.9 Å². The third-order valence-electron chi connectivity index (χ3n) is 5.34. The van der Waals surface area contributed by atoms with E-state index in [-0.39, 0.29) is 22.0 Å². The molecule has 2 atom stereocenters. The van der Waals surface area contributed by atoms with Crippen molar-refractivity contribution in [2.24, 2.45) is 0 Å². The summed E-state index contributed by atoms with van der Waals surface area (Å²) in [6.07, 6.45) is 5.70. The molecule has 0 saturated carbocycles. The van der Waals surface area contributed by atoms with Crippen LogP contribution in [0.1, 0.15) is 17.5 Å².